The van der Waals surface area contributed by atoms with Crippen LogP contribution in [0.15, 0.2) is 48.5 Å². The first-order chi connectivity index (χ1) is 11.8. The van der Waals surface area contributed by atoms with Crippen molar-refractivity contribution in [3.8, 4) is 5.75 Å². The number of amides is 1. The van der Waals surface area contributed by atoms with E-state index in [1.807, 2.05) is 12.1 Å². The number of rotatable bonds is 7. The second-order valence-electron chi connectivity index (χ2n) is 7.04. The molecule has 0 fully saturated rings. The van der Waals surface area contributed by atoms with Crippen LogP contribution in [0.2, 0.25) is 0 Å². The lowest BCUT2D eigenvalue weighted by Gasteiger charge is -2.27. The van der Waals surface area contributed by atoms with Gasteiger partial charge < -0.3 is 15.2 Å². The van der Waals surface area contributed by atoms with Gasteiger partial charge in [0.2, 0.25) is 0 Å². The summed E-state index contributed by atoms with van der Waals surface area (Å²) in [4.78, 5) is 12.4. The summed E-state index contributed by atoms with van der Waals surface area (Å²) in [6.45, 7) is 8.48. The summed E-state index contributed by atoms with van der Waals surface area (Å²) in [7, 11) is 0. The van der Waals surface area contributed by atoms with Crippen LogP contribution in [0.4, 0.5) is 0 Å². The Morgan fingerprint density at radius 1 is 1.20 bits per heavy atom. The third kappa shape index (κ3) is 5.33. The third-order valence-electron chi connectivity index (χ3n) is 4.27. The topological polar surface area (TPSA) is 58.6 Å². The van der Waals surface area contributed by atoms with Gasteiger partial charge in [-0.3, -0.25) is 4.79 Å². The number of benzene rings is 2. The van der Waals surface area contributed by atoms with Crippen LogP contribution in [0.1, 0.15) is 37.5 Å². The Morgan fingerprint density at radius 2 is 1.92 bits per heavy atom. The Labute approximate surface area is 149 Å². The molecule has 1 atom stereocenters. The lowest BCUT2D eigenvalue weighted by molar-refractivity contribution is -0.127. The highest BCUT2D eigenvalue weighted by molar-refractivity contribution is 5.80. The summed E-state index contributed by atoms with van der Waals surface area (Å²) in [6, 6.07) is 15.4. The third-order valence-corrected chi connectivity index (χ3v) is 4.27. The summed E-state index contributed by atoms with van der Waals surface area (Å²) in [6.07, 6.45) is -0.609. The number of hydrogen-bond acceptors (Lipinski definition) is 3. The molecular weight excluding hydrogens is 314 g/mol. The first-order valence-electron chi connectivity index (χ1n) is 8.53. The summed E-state index contributed by atoms with van der Waals surface area (Å²) in [5.74, 6) is 0.419. The summed E-state index contributed by atoms with van der Waals surface area (Å²) in [5, 5.41) is 12.1. The number of carbonyl (C=O) groups is 1. The molecule has 0 spiro atoms. The Bertz CT molecular complexity index is 725. The Hall–Kier alpha value is -2.33. The van der Waals surface area contributed by atoms with Gasteiger partial charge in [0.1, 0.15) is 5.75 Å². The first kappa shape index (κ1) is 19.0. The monoisotopic (exact) mass is 341 g/mol. The zero-order chi connectivity index (χ0) is 18.4. The Morgan fingerprint density at radius 3 is 2.60 bits per heavy atom. The maximum absolute atomic E-state index is 12.4. The lowest BCUT2D eigenvalue weighted by atomic mass is 9.84. The van der Waals surface area contributed by atoms with Crippen LogP contribution in [0, 0.1) is 6.92 Å². The molecule has 2 N–H and O–H groups in total. The number of aryl methyl sites for hydroxylation is 1. The maximum atomic E-state index is 12.4. The molecule has 0 saturated heterocycles. The average Bonchev–Trinajstić information content (AvgIpc) is 2.59. The smallest absolute Gasteiger partial charge is 0.260 e. The van der Waals surface area contributed by atoms with Crippen molar-refractivity contribution in [1.29, 1.82) is 0 Å². The molecule has 25 heavy (non-hydrogen) atoms. The minimum absolute atomic E-state index is 0.0531. The highest BCUT2D eigenvalue weighted by Crippen LogP contribution is 2.23. The maximum Gasteiger partial charge on any atom is 0.260 e. The van der Waals surface area contributed by atoms with E-state index in [9.17, 15) is 9.90 Å². The largest absolute Gasteiger partial charge is 0.481 e. The van der Waals surface area contributed by atoms with Gasteiger partial charge in [-0.2, -0.15) is 0 Å². The predicted octanol–water partition coefficient (Wildman–Crippen LogP) is 3.35. The van der Waals surface area contributed by atoms with Gasteiger partial charge in [0, 0.05) is 12.0 Å². The van der Waals surface area contributed by atoms with Crippen molar-refractivity contribution in [2.75, 3.05) is 6.54 Å². The standard InChI is InChI=1S/C21H27NO3/c1-15-7-5-9-18(11-15)21(3,4)14-22-20(24)16(2)25-19-10-6-8-17(12-19)13-23/h5-12,16,23H,13-14H2,1-4H3,(H,22,24). The average molecular weight is 341 g/mol. The van der Waals surface area contributed by atoms with Crippen LogP contribution in [0.3, 0.4) is 0 Å². The van der Waals surface area contributed by atoms with Gasteiger partial charge in [-0.05, 0) is 37.1 Å². The van der Waals surface area contributed by atoms with E-state index in [4.69, 9.17) is 4.74 Å². The van der Waals surface area contributed by atoms with Crippen molar-refractivity contribution in [2.24, 2.45) is 0 Å². The van der Waals surface area contributed by atoms with E-state index in [1.54, 1.807) is 25.1 Å². The van der Waals surface area contributed by atoms with Gasteiger partial charge in [0.25, 0.3) is 5.91 Å². The Kier molecular flexibility index (Phi) is 6.21. The van der Waals surface area contributed by atoms with E-state index in [0.717, 1.165) is 5.56 Å². The van der Waals surface area contributed by atoms with Crippen LogP contribution in [0.5, 0.6) is 5.75 Å². The molecule has 0 aromatic heterocycles. The number of hydrogen-bond donors (Lipinski definition) is 2. The molecular formula is C21H27NO3. The van der Waals surface area contributed by atoms with Gasteiger partial charge in [-0.15, -0.1) is 0 Å². The SMILES string of the molecule is Cc1cccc(C(C)(C)CNC(=O)C(C)Oc2cccc(CO)c2)c1. The summed E-state index contributed by atoms with van der Waals surface area (Å²) >= 11 is 0. The van der Waals surface area contributed by atoms with Gasteiger partial charge in [0.05, 0.1) is 6.61 Å². The number of aliphatic hydroxyl groups is 1. The van der Waals surface area contributed by atoms with Gasteiger partial charge in [-0.1, -0.05) is 55.8 Å². The molecule has 0 radical (unpaired) electrons. The molecule has 1 amide bonds. The molecule has 134 valence electrons. The molecule has 0 heterocycles. The molecule has 0 aliphatic heterocycles. The van der Waals surface area contributed by atoms with Crippen molar-refractivity contribution in [1.82, 2.24) is 5.32 Å². The lowest BCUT2D eigenvalue weighted by Crippen LogP contribution is -2.42. The van der Waals surface area contributed by atoms with Crippen LogP contribution in [-0.4, -0.2) is 23.7 Å². The highest BCUT2D eigenvalue weighted by atomic mass is 16.5. The molecule has 0 saturated carbocycles. The minimum Gasteiger partial charge on any atom is -0.481 e. The second kappa shape index (κ2) is 8.17. The van der Waals surface area contributed by atoms with E-state index in [2.05, 4.69) is 44.3 Å². The zero-order valence-corrected chi connectivity index (χ0v) is 15.4. The minimum atomic E-state index is -0.609. The molecule has 0 aliphatic carbocycles. The number of ether oxygens (including phenoxy) is 1. The van der Waals surface area contributed by atoms with Crippen molar-refractivity contribution < 1.29 is 14.6 Å². The van der Waals surface area contributed by atoms with Crippen molar-refractivity contribution in [3.63, 3.8) is 0 Å². The fraction of sp³-hybridized carbons (Fsp3) is 0.381. The molecule has 4 heteroatoms. The van der Waals surface area contributed by atoms with E-state index in [1.165, 1.54) is 11.1 Å². The predicted molar refractivity (Wildman–Crippen MR) is 99.7 cm³/mol. The summed E-state index contributed by atoms with van der Waals surface area (Å²) < 4.78 is 5.69. The molecule has 2 rings (SSSR count). The van der Waals surface area contributed by atoms with Gasteiger partial charge in [-0.25, -0.2) is 0 Å². The summed E-state index contributed by atoms with van der Waals surface area (Å²) in [5.41, 5.74) is 2.98. The van der Waals surface area contributed by atoms with E-state index < -0.39 is 6.10 Å². The molecule has 0 aliphatic rings. The zero-order valence-electron chi connectivity index (χ0n) is 15.4. The van der Waals surface area contributed by atoms with Gasteiger partial charge in [0.15, 0.2) is 6.10 Å². The van der Waals surface area contributed by atoms with Crippen LogP contribution in [0.25, 0.3) is 0 Å². The number of aliphatic hydroxyl groups excluding tert-OH is 1. The van der Waals surface area contributed by atoms with Gasteiger partial charge >= 0.3 is 0 Å². The normalized spacial score (nSPS) is 12.5. The second-order valence-corrected chi connectivity index (χ2v) is 7.04. The number of nitrogens with one attached hydrogen (secondary N) is 1. The molecule has 2 aromatic carbocycles. The van der Waals surface area contributed by atoms with Crippen molar-refractivity contribution in [3.05, 3.63) is 65.2 Å². The number of carbonyl (C=O) groups excluding carboxylic acids is 1. The van der Waals surface area contributed by atoms with Crippen LogP contribution in [-0.2, 0) is 16.8 Å². The molecule has 0 bridgehead atoms. The van der Waals surface area contributed by atoms with Crippen LogP contribution >= 0.6 is 0 Å². The molecule has 2 aromatic rings. The quantitative estimate of drug-likeness (QED) is 0.812. The fourth-order valence-electron chi connectivity index (χ4n) is 2.59. The van der Waals surface area contributed by atoms with E-state index in [0.29, 0.717) is 12.3 Å². The van der Waals surface area contributed by atoms with Crippen LogP contribution < -0.4 is 10.1 Å². The first-order valence-corrected chi connectivity index (χ1v) is 8.53. The van der Waals surface area contributed by atoms with E-state index in [-0.39, 0.29) is 17.9 Å². The highest BCUT2D eigenvalue weighted by Gasteiger charge is 2.23. The van der Waals surface area contributed by atoms with Crippen molar-refractivity contribution in [2.45, 2.75) is 45.8 Å². The fourth-order valence-corrected chi connectivity index (χ4v) is 2.59. The molecule has 1 unspecified atom stereocenters. The Balaban J connectivity index is 1.94. The molecule has 4 nitrogen and oxygen atoms in total. The van der Waals surface area contributed by atoms with Crippen molar-refractivity contribution >= 4 is 5.91 Å². The van der Waals surface area contributed by atoms with E-state index >= 15 is 0 Å².